The first-order chi connectivity index (χ1) is 18.4. The number of aryl methyl sites for hydroxylation is 2. The molecule has 0 spiro atoms. The van der Waals surface area contributed by atoms with Crippen LogP contribution in [-0.4, -0.2) is 30.0 Å². The van der Waals surface area contributed by atoms with Crippen molar-refractivity contribution in [2.24, 2.45) is 0 Å². The van der Waals surface area contributed by atoms with Gasteiger partial charge in [-0.05, 0) is 79.6 Å². The van der Waals surface area contributed by atoms with E-state index >= 15 is 0 Å². The van der Waals surface area contributed by atoms with Gasteiger partial charge in [-0.2, -0.15) is 0 Å². The van der Waals surface area contributed by atoms with Gasteiger partial charge in [0, 0.05) is 22.1 Å². The number of nitrogens with one attached hydrogen (secondary N) is 2. The molecule has 7 heteroatoms. The third-order valence-electron chi connectivity index (χ3n) is 6.07. The Balaban J connectivity index is 1.32. The molecule has 0 fully saturated rings. The minimum atomic E-state index is -0.254. The summed E-state index contributed by atoms with van der Waals surface area (Å²) >= 11 is 0. The second kappa shape index (κ2) is 11.0. The van der Waals surface area contributed by atoms with Gasteiger partial charge in [0.05, 0.1) is 11.0 Å². The van der Waals surface area contributed by atoms with E-state index in [1.165, 1.54) is 0 Å². The maximum Gasteiger partial charge on any atom is 0.262 e. The van der Waals surface area contributed by atoms with E-state index in [-0.39, 0.29) is 25.0 Å². The Morgan fingerprint density at radius 1 is 0.632 bits per heavy atom. The van der Waals surface area contributed by atoms with Crippen molar-refractivity contribution in [2.45, 2.75) is 13.8 Å². The minimum Gasteiger partial charge on any atom is -0.484 e. The molecule has 38 heavy (non-hydrogen) atoms. The molecule has 0 atom stereocenters. The van der Waals surface area contributed by atoms with Crippen molar-refractivity contribution in [3.05, 3.63) is 102 Å². The average molecular weight is 506 g/mol. The zero-order chi connectivity index (χ0) is 26.5. The molecule has 5 rings (SSSR count). The summed E-state index contributed by atoms with van der Waals surface area (Å²) in [7, 11) is 0. The molecule has 4 aromatic carbocycles. The molecule has 1 heterocycles. The van der Waals surface area contributed by atoms with Crippen molar-refractivity contribution in [2.75, 3.05) is 23.8 Å². The summed E-state index contributed by atoms with van der Waals surface area (Å²) in [4.78, 5) is 29.8. The molecule has 0 aliphatic rings. The first-order valence-electron chi connectivity index (χ1n) is 12.3. The highest BCUT2D eigenvalue weighted by Gasteiger charge is 2.12. The summed E-state index contributed by atoms with van der Waals surface area (Å²) < 4.78 is 11.1. The summed E-state index contributed by atoms with van der Waals surface area (Å²) in [5.41, 5.74) is 4.65. The molecule has 190 valence electrons. The van der Waals surface area contributed by atoms with Gasteiger partial charge in [0.2, 0.25) is 0 Å². The molecule has 2 N–H and O–H groups in total. The number of amides is 2. The monoisotopic (exact) mass is 505 g/mol. The van der Waals surface area contributed by atoms with Crippen LogP contribution in [0.4, 0.5) is 11.4 Å². The van der Waals surface area contributed by atoms with Gasteiger partial charge < -0.3 is 20.1 Å². The van der Waals surface area contributed by atoms with Crippen molar-refractivity contribution in [1.82, 2.24) is 4.98 Å². The van der Waals surface area contributed by atoms with Crippen LogP contribution in [0.2, 0.25) is 0 Å². The van der Waals surface area contributed by atoms with E-state index < -0.39 is 0 Å². The maximum absolute atomic E-state index is 12.5. The molecule has 2 amide bonds. The molecule has 0 radical (unpaired) electrons. The highest BCUT2D eigenvalue weighted by Crippen LogP contribution is 2.29. The van der Waals surface area contributed by atoms with Gasteiger partial charge in [0.1, 0.15) is 11.5 Å². The average Bonchev–Trinajstić information content (AvgIpc) is 2.92. The van der Waals surface area contributed by atoms with E-state index in [2.05, 4.69) is 16.7 Å². The number of aromatic nitrogens is 1. The van der Waals surface area contributed by atoms with Crippen molar-refractivity contribution in [3.8, 4) is 11.5 Å². The third kappa shape index (κ3) is 5.90. The molecular formula is C31H27N3O4. The Hall–Kier alpha value is -4.91. The quantitative estimate of drug-likeness (QED) is 0.251. The number of rotatable bonds is 8. The number of fused-ring (bicyclic) bond motifs is 2. The highest BCUT2D eigenvalue weighted by atomic mass is 16.5. The number of benzene rings is 4. The number of hydrogen-bond acceptors (Lipinski definition) is 5. The normalized spacial score (nSPS) is 10.8. The molecule has 7 nitrogen and oxygen atoms in total. The standard InChI is InChI=1S/C31H27N3O4/c1-20-13-22-15-23-14-21(2)27(34-31(36)19-38-25-11-7-4-8-12-25)17-29(23)32-28(22)16-26(20)33-30(35)18-37-24-9-5-3-6-10-24/h3-17H,18-19H2,1-2H3,(H,33,35)(H,34,36). The van der Waals surface area contributed by atoms with Gasteiger partial charge in [-0.3, -0.25) is 9.59 Å². The van der Waals surface area contributed by atoms with Crippen LogP contribution in [0.25, 0.3) is 21.8 Å². The predicted molar refractivity (Wildman–Crippen MR) is 150 cm³/mol. The Labute approximate surface area is 220 Å². The van der Waals surface area contributed by atoms with Crippen LogP contribution in [0.5, 0.6) is 11.5 Å². The second-order valence-corrected chi connectivity index (χ2v) is 9.01. The van der Waals surface area contributed by atoms with Gasteiger partial charge >= 0.3 is 0 Å². The van der Waals surface area contributed by atoms with Crippen LogP contribution in [0.1, 0.15) is 11.1 Å². The predicted octanol–water partition coefficient (Wildman–Crippen LogP) is 6.04. The van der Waals surface area contributed by atoms with Crippen molar-refractivity contribution in [1.29, 1.82) is 0 Å². The maximum atomic E-state index is 12.5. The summed E-state index contributed by atoms with van der Waals surface area (Å²) in [6.07, 6.45) is 0. The fourth-order valence-corrected chi connectivity index (χ4v) is 4.13. The zero-order valence-corrected chi connectivity index (χ0v) is 21.2. The van der Waals surface area contributed by atoms with E-state index in [0.717, 1.165) is 32.9 Å². The summed E-state index contributed by atoms with van der Waals surface area (Å²) in [5, 5.41) is 7.76. The first-order valence-corrected chi connectivity index (χ1v) is 12.3. The first kappa shape index (κ1) is 24.8. The largest absolute Gasteiger partial charge is 0.484 e. The molecule has 0 aliphatic carbocycles. The van der Waals surface area contributed by atoms with E-state index in [1.54, 1.807) is 24.3 Å². The second-order valence-electron chi connectivity index (χ2n) is 9.01. The zero-order valence-electron chi connectivity index (χ0n) is 21.2. The Morgan fingerprint density at radius 3 is 1.47 bits per heavy atom. The lowest BCUT2D eigenvalue weighted by atomic mass is 10.0. The van der Waals surface area contributed by atoms with Gasteiger partial charge in [-0.1, -0.05) is 36.4 Å². The number of pyridine rings is 1. The minimum absolute atomic E-state index is 0.0943. The lowest BCUT2D eigenvalue weighted by Gasteiger charge is -2.13. The van der Waals surface area contributed by atoms with Crippen molar-refractivity contribution < 1.29 is 19.1 Å². The number of carbonyl (C=O) groups is 2. The van der Waals surface area contributed by atoms with E-state index in [9.17, 15) is 9.59 Å². The van der Waals surface area contributed by atoms with Crippen molar-refractivity contribution in [3.63, 3.8) is 0 Å². The molecule has 0 aliphatic heterocycles. The molecule has 0 bridgehead atoms. The number of para-hydroxylation sites is 2. The van der Waals surface area contributed by atoms with Gasteiger partial charge in [-0.25, -0.2) is 4.98 Å². The third-order valence-corrected chi connectivity index (χ3v) is 6.07. The van der Waals surface area contributed by atoms with Crippen LogP contribution in [-0.2, 0) is 9.59 Å². The number of nitrogens with zero attached hydrogens (tertiary/aromatic N) is 1. The smallest absolute Gasteiger partial charge is 0.262 e. The summed E-state index contributed by atoms with van der Waals surface area (Å²) in [6, 6.07) is 28.2. The lowest BCUT2D eigenvalue weighted by Crippen LogP contribution is -2.20. The molecular weight excluding hydrogens is 478 g/mol. The van der Waals surface area contributed by atoms with Crippen LogP contribution in [0, 0.1) is 13.8 Å². The topological polar surface area (TPSA) is 89.5 Å². The van der Waals surface area contributed by atoms with Crippen LogP contribution in [0.15, 0.2) is 91.0 Å². The van der Waals surface area contributed by atoms with E-state index in [1.807, 2.05) is 74.5 Å². The van der Waals surface area contributed by atoms with E-state index in [4.69, 9.17) is 14.5 Å². The summed E-state index contributed by atoms with van der Waals surface area (Å²) in [5.74, 6) is 0.762. The fraction of sp³-hybridized carbons (Fsp3) is 0.129. The molecule has 0 unspecified atom stereocenters. The molecule has 5 aromatic rings. The van der Waals surface area contributed by atoms with E-state index in [0.29, 0.717) is 22.9 Å². The number of anilines is 2. The molecule has 0 saturated carbocycles. The fourth-order valence-electron chi connectivity index (χ4n) is 4.13. The van der Waals surface area contributed by atoms with Crippen LogP contribution < -0.4 is 20.1 Å². The van der Waals surface area contributed by atoms with Gasteiger partial charge in [0.25, 0.3) is 11.8 Å². The summed E-state index contributed by atoms with van der Waals surface area (Å²) in [6.45, 7) is 3.70. The van der Waals surface area contributed by atoms with Crippen LogP contribution in [0.3, 0.4) is 0 Å². The Morgan fingerprint density at radius 2 is 1.05 bits per heavy atom. The van der Waals surface area contributed by atoms with Crippen LogP contribution >= 0.6 is 0 Å². The SMILES string of the molecule is Cc1cc2cc3cc(C)c(NC(=O)COc4ccccc4)cc3nc2cc1NC(=O)COc1ccccc1. The molecule has 1 aromatic heterocycles. The molecule has 0 saturated heterocycles. The Kier molecular flexibility index (Phi) is 7.17. The van der Waals surface area contributed by atoms with Crippen molar-refractivity contribution >= 4 is 45.0 Å². The number of carbonyl (C=O) groups excluding carboxylic acids is 2. The van der Waals surface area contributed by atoms with Gasteiger partial charge in [0.15, 0.2) is 13.2 Å². The number of hydrogen-bond donors (Lipinski definition) is 2. The Bertz CT molecular complexity index is 1500. The lowest BCUT2D eigenvalue weighted by molar-refractivity contribution is -0.118. The highest BCUT2D eigenvalue weighted by molar-refractivity contribution is 6.01. The van der Waals surface area contributed by atoms with Gasteiger partial charge in [-0.15, -0.1) is 0 Å². The number of ether oxygens (including phenoxy) is 2.